The molecular formula is C24H34N6O6S. The number of aromatic amines is 1. The Kier molecular flexibility index (Phi) is 10.9. The van der Waals surface area contributed by atoms with Gasteiger partial charge in [0.15, 0.2) is 0 Å². The molecule has 9 N–H and O–H groups in total. The van der Waals surface area contributed by atoms with Crippen LogP contribution in [-0.4, -0.2) is 69.6 Å². The summed E-state index contributed by atoms with van der Waals surface area (Å²) < 4.78 is 0. The number of nitrogens with one attached hydrogen (secondary N) is 4. The number of hydrogen-bond acceptors (Lipinski definition) is 7. The first-order chi connectivity index (χ1) is 17.5. The van der Waals surface area contributed by atoms with Gasteiger partial charge in [-0.15, -0.1) is 0 Å². The average Bonchev–Trinajstić information content (AvgIpc) is 3.27. The molecule has 5 atom stereocenters. The van der Waals surface area contributed by atoms with Gasteiger partial charge < -0.3 is 37.5 Å². The molecule has 1 aromatic carbocycles. The molecule has 1 aromatic heterocycles. The van der Waals surface area contributed by atoms with Gasteiger partial charge in [-0.1, -0.05) is 38.5 Å². The van der Waals surface area contributed by atoms with Crippen molar-refractivity contribution in [2.45, 2.75) is 57.3 Å². The molecule has 0 saturated carbocycles. The molecule has 12 nitrogen and oxygen atoms in total. The fraction of sp³-hybridized carbons (Fsp3) is 0.458. The molecule has 2 aromatic rings. The highest BCUT2D eigenvalue weighted by molar-refractivity contribution is 7.80. The summed E-state index contributed by atoms with van der Waals surface area (Å²) in [7, 11) is 0. The number of rotatable bonds is 14. The molecule has 1 heterocycles. The fourth-order valence-corrected chi connectivity index (χ4v) is 3.88. The number of aromatic nitrogens is 1. The first-order valence-electron chi connectivity index (χ1n) is 11.8. The Morgan fingerprint density at radius 1 is 1.03 bits per heavy atom. The van der Waals surface area contributed by atoms with Crippen molar-refractivity contribution in [3.8, 4) is 0 Å². The van der Waals surface area contributed by atoms with Crippen molar-refractivity contribution in [2.75, 3.05) is 5.75 Å². The summed E-state index contributed by atoms with van der Waals surface area (Å²) in [6.45, 7) is 3.60. The maximum absolute atomic E-state index is 13.3. The molecule has 0 saturated heterocycles. The number of nitrogens with two attached hydrogens (primary N) is 2. The number of amides is 4. The first kappa shape index (κ1) is 29.6. The third kappa shape index (κ3) is 8.22. The Morgan fingerprint density at radius 2 is 1.68 bits per heavy atom. The van der Waals surface area contributed by atoms with Crippen LogP contribution in [0.25, 0.3) is 10.9 Å². The van der Waals surface area contributed by atoms with E-state index >= 15 is 0 Å². The number of carbonyl (C=O) groups excluding carboxylic acids is 4. The van der Waals surface area contributed by atoms with Crippen molar-refractivity contribution < 1.29 is 29.1 Å². The number of thiol groups is 1. The van der Waals surface area contributed by atoms with E-state index in [2.05, 4.69) is 33.6 Å². The topological polar surface area (TPSA) is 209 Å². The number of carboxylic acid groups (broad SMARTS) is 1. The minimum absolute atomic E-state index is 0.00181. The molecule has 0 aliphatic rings. The van der Waals surface area contributed by atoms with Gasteiger partial charge in [0, 0.05) is 29.3 Å². The zero-order valence-electron chi connectivity index (χ0n) is 20.7. The summed E-state index contributed by atoms with van der Waals surface area (Å²) in [6.07, 6.45) is 1.60. The number of fused-ring (bicyclic) bond motifs is 1. The molecule has 2 rings (SSSR count). The number of aliphatic carboxylic acids is 1. The maximum Gasteiger partial charge on any atom is 0.326 e. The minimum Gasteiger partial charge on any atom is -0.480 e. The SMILES string of the molecule is CCC(C)C(NC(=O)C(N)CS)C(=O)NC(Cc1c[nH]c2ccccc12)C(=O)NC(CC(N)=O)C(=O)O. The standard InChI is InChI=1S/C24H34N6O6S/c1-3-12(2)20(30-21(32)15(25)11-37)23(34)28-17(22(33)29-18(24(35)36)9-19(26)31)8-13-10-27-16-7-5-4-6-14(13)16/h4-7,10,12,15,17-18,20,27,37H,3,8-9,11,25H2,1-2H3,(H2,26,31)(H,28,34)(H,29,33)(H,30,32)(H,35,36). The first-order valence-corrected chi connectivity index (χ1v) is 12.4. The zero-order chi connectivity index (χ0) is 27.7. The third-order valence-electron chi connectivity index (χ3n) is 6.08. The van der Waals surface area contributed by atoms with Crippen LogP contribution < -0.4 is 27.4 Å². The van der Waals surface area contributed by atoms with Crippen LogP contribution in [0.1, 0.15) is 32.3 Å². The number of primary amides is 1. The van der Waals surface area contributed by atoms with Crippen LogP contribution >= 0.6 is 12.6 Å². The van der Waals surface area contributed by atoms with Gasteiger partial charge in [-0.05, 0) is 17.5 Å². The molecule has 0 fully saturated rings. The van der Waals surface area contributed by atoms with Gasteiger partial charge in [0.2, 0.25) is 23.6 Å². The lowest BCUT2D eigenvalue weighted by molar-refractivity contribution is -0.143. The Morgan fingerprint density at radius 3 is 2.27 bits per heavy atom. The lowest BCUT2D eigenvalue weighted by Crippen LogP contribution is -2.59. The Hall–Kier alpha value is -3.58. The zero-order valence-corrected chi connectivity index (χ0v) is 21.6. The van der Waals surface area contributed by atoms with Gasteiger partial charge in [0.05, 0.1) is 12.5 Å². The van der Waals surface area contributed by atoms with Gasteiger partial charge in [0.1, 0.15) is 18.1 Å². The third-order valence-corrected chi connectivity index (χ3v) is 6.47. The summed E-state index contributed by atoms with van der Waals surface area (Å²) in [5.41, 5.74) is 12.4. The molecule has 37 heavy (non-hydrogen) atoms. The largest absolute Gasteiger partial charge is 0.480 e. The van der Waals surface area contributed by atoms with Crippen LogP contribution in [0.3, 0.4) is 0 Å². The van der Waals surface area contributed by atoms with E-state index in [4.69, 9.17) is 11.5 Å². The molecule has 202 valence electrons. The summed E-state index contributed by atoms with van der Waals surface area (Å²) in [6, 6.07) is 2.59. The monoisotopic (exact) mass is 534 g/mol. The second kappa shape index (κ2) is 13.7. The van der Waals surface area contributed by atoms with Crippen molar-refractivity contribution in [3.05, 3.63) is 36.0 Å². The van der Waals surface area contributed by atoms with Crippen molar-refractivity contribution in [3.63, 3.8) is 0 Å². The minimum atomic E-state index is -1.58. The van der Waals surface area contributed by atoms with E-state index in [1.807, 2.05) is 31.2 Å². The molecule has 0 spiro atoms. The molecule has 0 radical (unpaired) electrons. The molecule has 13 heteroatoms. The van der Waals surface area contributed by atoms with Crippen LogP contribution in [0.15, 0.2) is 30.5 Å². The van der Waals surface area contributed by atoms with Gasteiger partial charge in [-0.25, -0.2) is 4.79 Å². The van der Waals surface area contributed by atoms with E-state index in [9.17, 15) is 29.1 Å². The van der Waals surface area contributed by atoms with E-state index in [1.165, 1.54) is 0 Å². The van der Waals surface area contributed by atoms with E-state index < -0.39 is 60.2 Å². The number of benzene rings is 1. The van der Waals surface area contributed by atoms with E-state index in [-0.39, 0.29) is 18.1 Å². The Labute approximate surface area is 219 Å². The van der Waals surface area contributed by atoms with Gasteiger partial charge in [-0.2, -0.15) is 12.6 Å². The predicted octanol–water partition coefficient (Wildman–Crippen LogP) is -0.572. The van der Waals surface area contributed by atoms with Crippen molar-refractivity contribution in [1.29, 1.82) is 0 Å². The molecule has 0 aliphatic carbocycles. The Bertz CT molecular complexity index is 1140. The van der Waals surface area contributed by atoms with E-state index in [1.54, 1.807) is 13.1 Å². The molecule has 0 aliphatic heterocycles. The van der Waals surface area contributed by atoms with Crippen LogP contribution in [0.5, 0.6) is 0 Å². The van der Waals surface area contributed by atoms with Crippen molar-refractivity contribution in [2.24, 2.45) is 17.4 Å². The normalized spacial score (nSPS) is 15.1. The highest BCUT2D eigenvalue weighted by Crippen LogP contribution is 2.19. The highest BCUT2D eigenvalue weighted by Gasteiger charge is 2.33. The van der Waals surface area contributed by atoms with Gasteiger partial charge in [-0.3, -0.25) is 19.2 Å². The summed E-state index contributed by atoms with van der Waals surface area (Å²) in [5, 5.41) is 17.8. The number of H-pyrrole nitrogens is 1. The van der Waals surface area contributed by atoms with Crippen molar-refractivity contribution in [1.82, 2.24) is 20.9 Å². The summed E-state index contributed by atoms with van der Waals surface area (Å²) >= 11 is 4.01. The quantitative estimate of drug-likeness (QED) is 0.148. The number of carboxylic acids is 1. The van der Waals surface area contributed by atoms with E-state index in [0.717, 1.165) is 10.9 Å². The lowest BCUT2D eigenvalue weighted by Gasteiger charge is -2.27. The molecule has 0 bridgehead atoms. The second-order valence-corrected chi connectivity index (χ2v) is 9.22. The fourth-order valence-electron chi connectivity index (χ4n) is 3.71. The van der Waals surface area contributed by atoms with Gasteiger partial charge >= 0.3 is 5.97 Å². The van der Waals surface area contributed by atoms with Crippen LogP contribution in [0.4, 0.5) is 0 Å². The maximum atomic E-state index is 13.3. The number of para-hydroxylation sites is 1. The smallest absolute Gasteiger partial charge is 0.326 e. The summed E-state index contributed by atoms with van der Waals surface area (Å²) in [4.78, 5) is 64.9. The predicted molar refractivity (Wildman–Crippen MR) is 141 cm³/mol. The van der Waals surface area contributed by atoms with Crippen LogP contribution in [0.2, 0.25) is 0 Å². The van der Waals surface area contributed by atoms with Gasteiger partial charge in [0.25, 0.3) is 0 Å². The summed E-state index contributed by atoms with van der Waals surface area (Å²) in [5.74, 6) is -4.64. The average molecular weight is 535 g/mol. The van der Waals surface area contributed by atoms with Crippen LogP contribution in [0, 0.1) is 5.92 Å². The number of carbonyl (C=O) groups is 5. The van der Waals surface area contributed by atoms with E-state index in [0.29, 0.717) is 12.0 Å². The Balaban J connectivity index is 2.35. The van der Waals surface area contributed by atoms with Crippen LogP contribution in [-0.2, 0) is 30.4 Å². The molecule has 4 amide bonds. The lowest BCUT2D eigenvalue weighted by atomic mass is 9.96. The molecular weight excluding hydrogens is 500 g/mol. The van der Waals surface area contributed by atoms with Crippen molar-refractivity contribution >= 4 is 53.1 Å². The second-order valence-electron chi connectivity index (χ2n) is 8.86. The number of hydrogen-bond donors (Lipinski definition) is 8. The highest BCUT2D eigenvalue weighted by atomic mass is 32.1. The molecule has 5 unspecified atom stereocenters.